The summed E-state index contributed by atoms with van der Waals surface area (Å²) in [5.41, 5.74) is 5.71. The zero-order valence-electron chi connectivity index (χ0n) is 9.95. The van der Waals surface area contributed by atoms with Gasteiger partial charge in [-0.25, -0.2) is 0 Å². The maximum atomic E-state index is 11.7. The number of nitrogens with two attached hydrogens (primary N) is 1. The van der Waals surface area contributed by atoms with E-state index >= 15 is 0 Å². The van der Waals surface area contributed by atoms with E-state index in [2.05, 4.69) is 20.1 Å². The third kappa shape index (κ3) is 2.67. The second kappa shape index (κ2) is 5.21. The molecule has 0 bridgehead atoms. The summed E-state index contributed by atoms with van der Waals surface area (Å²) in [6.07, 6.45) is 5.15. The van der Waals surface area contributed by atoms with Crippen LogP contribution in [-0.4, -0.2) is 40.9 Å². The van der Waals surface area contributed by atoms with E-state index in [1.807, 2.05) is 16.7 Å². The lowest BCUT2D eigenvalue weighted by Gasteiger charge is -2.34. The van der Waals surface area contributed by atoms with E-state index in [1.165, 1.54) is 0 Å². The molecule has 0 aliphatic carbocycles. The molecule has 88 valence electrons. The molecule has 3 nitrogen and oxygen atoms in total. The van der Waals surface area contributed by atoms with Gasteiger partial charge in [0.05, 0.1) is 6.04 Å². The SMILES string of the molecule is CCC(CC)(CN1CCC(N)C1=O)SC. The maximum absolute atomic E-state index is 11.7. The van der Waals surface area contributed by atoms with Crippen molar-refractivity contribution in [2.45, 2.75) is 43.9 Å². The molecule has 1 aliphatic rings. The van der Waals surface area contributed by atoms with Crippen molar-refractivity contribution in [1.29, 1.82) is 0 Å². The molecule has 0 aromatic rings. The van der Waals surface area contributed by atoms with Gasteiger partial charge >= 0.3 is 0 Å². The molecule has 1 atom stereocenters. The number of carbonyl (C=O) groups is 1. The fourth-order valence-electron chi connectivity index (χ4n) is 2.09. The van der Waals surface area contributed by atoms with Crippen LogP contribution in [-0.2, 0) is 4.79 Å². The number of likely N-dealkylation sites (tertiary alicyclic amines) is 1. The van der Waals surface area contributed by atoms with Crippen LogP contribution < -0.4 is 5.73 Å². The average Bonchev–Trinajstić information content (AvgIpc) is 2.57. The summed E-state index contributed by atoms with van der Waals surface area (Å²) in [5.74, 6) is 0.135. The molecule has 1 aliphatic heterocycles. The predicted octanol–water partition coefficient (Wildman–Crippen LogP) is 1.47. The summed E-state index contributed by atoms with van der Waals surface area (Å²) in [4.78, 5) is 13.7. The standard InChI is InChI=1S/C11H22N2OS/c1-4-11(5-2,15-3)8-13-7-6-9(12)10(13)14/h9H,4-8,12H2,1-3H3. The Hall–Kier alpha value is -0.220. The van der Waals surface area contributed by atoms with Crippen LogP contribution >= 0.6 is 11.8 Å². The first kappa shape index (κ1) is 12.8. The van der Waals surface area contributed by atoms with E-state index in [1.54, 1.807) is 0 Å². The zero-order chi connectivity index (χ0) is 11.5. The molecular formula is C11H22N2OS. The molecule has 15 heavy (non-hydrogen) atoms. The van der Waals surface area contributed by atoms with Crippen LogP contribution in [0.1, 0.15) is 33.1 Å². The lowest BCUT2D eigenvalue weighted by atomic mass is 10.0. The quantitative estimate of drug-likeness (QED) is 0.778. The number of nitrogens with zero attached hydrogens (tertiary/aromatic N) is 1. The molecule has 1 saturated heterocycles. The van der Waals surface area contributed by atoms with Gasteiger partial charge in [-0.3, -0.25) is 4.79 Å². The molecule has 2 N–H and O–H groups in total. The Labute approximate surface area is 96.8 Å². The van der Waals surface area contributed by atoms with Gasteiger partial charge in [0.15, 0.2) is 0 Å². The van der Waals surface area contributed by atoms with Gasteiger partial charge < -0.3 is 10.6 Å². The van der Waals surface area contributed by atoms with Gasteiger partial charge in [-0.2, -0.15) is 11.8 Å². The minimum atomic E-state index is -0.252. The first-order valence-electron chi connectivity index (χ1n) is 5.68. The molecule has 0 spiro atoms. The molecule has 1 unspecified atom stereocenters. The number of hydrogen-bond acceptors (Lipinski definition) is 3. The van der Waals surface area contributed by atoms with Crippen molar-refractivity contribution in [2.24, 2.45) is 5.73 Å². The molecule has 1 fully saturated rings. The Kier molecular flexibility index (Phi) is 4.46. The first-order valence-corrected chi connectivity index (χ1v) is 6.90. The van der Waals surface area contributed by atoms with Crippen molar-refractivity contribution in [3.05, 3.63) is 0 Å². The van der Waals surface area contributed by atoms with Gasteiger partial charge in [0.25, 0.3) is 0 Å². The highest BCUT2D eigenvalue weighted by Crippen LogP contribution is 2.32. The van der Waals surface area contributed by atoms with Crippen LogP contribution in [0.5, 0.6) is 0 Å². The number of hydrogen-bond donors (Lipinski definition) is 1. The van der Waals surface area contributed by atoms with Gasteiger partial charge in [-0.1, -0.05) is 13.8 Å². The normalized spacial score (nSPS) is 22.5. The molecule has 4 heteroatoms. The van der Waals surface area contributed by atoms with Gasteiger partial charge in [0.2, 0.25) is 5.91 Å². The highest BCUT2D eigenvalue weighted by Gasteiger charge is 2.35. The average molecular weight is 230 g/mol. The largest absolute Gasteiger partial charge is 0.340 e. The lowest BCUT2D eigenvalue weighted by Crippen LogP contribution is -2.43. The van der Waals surface area contributed by atoms with E-state index in [0.717, 1.165) is 32.4 Å². The first-order chi connectivity index (χ1) is 7.08. The predicted molar refractivity (Wildman–Crippen MR) is 66.0 cm³/mol. The Balaban J connectivity index is 2.63. The lowest BCUT2D eigenvalue weighted by molar-refractivity contribution is -0.129. The topological polar surface area (TPSA) is 46.3 Å². The molecule has 1 rings (SSSR count). The van der Waals surface area contributed by atoms with Gasteiger partial charge in [0, 0.05) is 17.8 Å². The van der Waals surface area contributed by atoms with E-state index in [0.29, 0.717) is 0 Å². The molecule has 0 saturated carbocycles. The maximum Gasteiger partial charge on any atom is 0.239 e. The molecule has 0 radical (unpaired) electrons. The van der Waals surface area contributed by atoms with Crippen molar-refractivity contribution in [2.75, 3.05) is 19.3 Å². The number of rotatable bonds is 5. The van der Waals surface area contributed by atoms with Crippen LogP contribution in [0, 0.1) is 0 Å². The van der Waals surface area contributed by atoms with E-state index in [-0.39, 0.29) is 16.7 Å². The Bertz CT molecular complexity index is 220. The minimum Gasteiger partial charge on any atom is -0.340 e. The fourth-order valence-corrected chi connectivity index (χ4v) is 2.96. The van der Waals surface area contributed by atoms with E-state index < -0.39 is 0 Å². The summed E-state index contributed by atoms with van der Waals surface area (Å²) in [6.45, 7) is 6.08. The summed E-state index contributed by atoms with van der Waals surface area (Å²) in [5, 5.41) is 0. The summed E-state index contributed by atoms with van der Waals surface area (Å²) in [6, 6.07) is -0.252. The zero-order valence-corrected chi connectivity index (χ0v) is 10.8. The third-order valence-electron chi connectivity index (χ3n) is 3.54. The molecule has 0 aromatic heterocycles. The van der Waals surface area contributed by atoms with Crippen LogP contribution in [0.3, 0.4) is 0 Å². The van der Waals surface area contributed by atoms with Crippen molar-refractivity contribution in [3.63, 3.8) is 0 Å². The highest BCUT2D eigenvalue weighted by atomic mass is 32.2. The molecular weight excluding hydrogens is 208 g/mol. The van der Waals surface area contributed by atoms with Crippen molar-refractivity contribution < 1.29 is 4.79 Å². The van der Waals surface area contributed by atoms with Crippen molar-refractivity contribution in [1.82, 2.24) is 4.90 Å². The number of carbonyl (C=O) groups excluding carboxylic acids is 1. The van der Waals surface area contributed by atoms with Gasteiger partial charge in [0.1, 0.15) is 0 Å². The molecule has 1 amide bonds. The molecule has 1 heterocycles. The third-order valence-corrected chi connectivity index (χ3v) is 5.11. The van der Waals surface area contributed by atoms with E-state index in [9.17, 15) is 4.79 Å². The minimum absolute atomic E-state index is 0.135. The monoisotopic (exact) mass is 230 g/mol. The van der Waals surface area contributed by atoms with Gasteiger partial charge in [-0.05, 0) is 25.5 Å². The van der Waals surface area contributed by atoms with Crippen molar-refractivity contribution in [3.8, 4) is 0 Å². The van der Waals surface area contributed by atoms with Crippen LogP contribution in [0.2, 0.25) is 0 Å². The smallest absolute Gasteiger partial charge is 0.239 e. The van der Waals surface area contributed by atoms with Crippen LogP contribution in [0.25, 0.3) is 0 Å². The summed E-state index contributed by atoms with van der Waals surface area (Å²) < 4.78 is 0.222. The Morgan fingerprint density at radius 3 is 2.47 bits per heavy atom. The second-order valence-electron chi connectivity index (χ2n) is 4.25. The van der Waals surface area contributed by atoms with Crippen LogP contribution in [0.15, 0.2) is 0 Å². The summed E-state index contributed by atoms with van der Waals surface area (Å²) in [7, 11) is 0. The van der Waals surface area contributed by atoms with E-state index in [4.69, 9.17) is 5.73 Å². The summed E-state index contributed by atoms with van der Waals surface area (Å²) >= 11 is 1.87. The fraction of sp³-hybridized carbons (Fsp3) is 0.909. The van der Waals surface area contributed by atoms with Gasteiger partial charge in [-0.15, -0.1) is 0 Å². The number of thioether (sulfide) groups is 1. The second-order valence-corrected chi connectivity index (χ2v) is 5.52. The number of amides is 1. The Morgan fingerprint density at radius 1 is 1.53 bits per heavy atom. The Morgan fingerprint density at radius 2 is 2.13 bits per heavy atom. The molecule has 0 aromatic carbocycles. The van der Waals surface area contributed by atoms with Crippen molar-refractivity contribution >= 4 is 17.7 Å². The highest BCUT2D eigenvalue weighted by molar-refractivity contribution is 8.00. The van der Waals surface area contributed by atoms with Crippen LogP contribution in [0.4, 0.5) is 0 Å².